The van der Waals surface area contributed by atoms with E-state index in [9.17, 15) is 4.79 Å². The van der Waals surface area contributed by atoms with E-state index in [0.717, 1.165) is 19.4 Å². The number of nitrogens with two attached hydrogens (primary N) is 1. The van der Waals surface area contributed by atoms with E-state index in [0.29, 0.717) is 5.92 Å². The summed E-state index contributed by atoms with van der Waals surface area (Å²) in [6.45, 7) is 6.51. The van der Waals surface area contributed by atoms with Crippen LogP contribution in [0.25, 0.3) is 0 Å². The molecule has 2 heterocycles. The van der Waals surface area contributed by atoms with Crippen molar-refractivity contribution in [3.8, 4) is 0 Å². The van der Waals surface area contributed by atoms with E-state index in [2.05, 4.69) is 0 Å². The third-order valence-electron chi connectivity index (χ3n) is 3.45. The normalized spacial score (nSPS) is 34.0. The van der Waals surface area contributed by atoms with Crippen molar-refractivity contribution in [2.24, 2.45) is 11.7 Å². The van der Waals surface area contributed by atoms with Crippen LogP contribution in [0.3, 0.4) is 0 Å². The second kappa shape index (κ2) is 3.91. The first-order chi connectivity index (χ1) is 7.37. The first-order valence-electron chi connectivity index (χ1n) is 6.12. The van der Waals surface area contributed by atoms with Crippen molar-refractivity contribution >= 4 is 6.09 Å². The summed E-state index contributed by atoms with van der Waals surface area (Å²) in [7, 11) is 0. The highest BCUT2D eigenvalue weighted by Crippen LogP contribution is 2.34. The lowest BCUT2D eigenvalue weighted by Crippen LogP contribution is -2.61. The average Bonchev–Trinajstić information content (AvgIpc) is 2.15. The summed E-state index contributed by atoms with van der Waals surface area (Å²) in [5, 5.41) is 0. The summed E-state index contributed by atoms with van der Waals surface area (Å²) in [6, 6.07) is 0.333. The predicted molar refractivity (Wildman–Crippen MR) is 62.0 cm³/mol. The Morgan fingerprint density at radius 2 is 2.06 bits per heavy atom. The van der Waals surface area contributed by atoms with Crippen molar-refractivity contribution in [3.05, 3.63) is 0 Å². The molecule has 0 aromatic heterocycles. The summed E-state index contributed by atoms with van der Waals surface area (Å²) >= 11 is 0. The Hall–Kier alpha value is -0.770. The highest BCUT2D eigenvalue weighted by atomic mass is 16.6. The maximum absolute atomic E-state index is 12.0. The molecule has 1 saturated carbocycles. The molecule has 0 spiro atoms. The maximum Gasteiger partial charge on any atom is 0.410 e. The van der Waals surface area contributed by atoms with Crippen molar-refractivity contribution in [1.29, 1.82) is 0 Å². The van der Waals surface area contributed by atoms with E-state index in [1.165, 1.54) is 6.42 Å². The lowest BCUT2D eigenvalue weighted by Gasteiger charge is -2.48. The first-order valence-corrected chi connectivity index (χ1v) is 6.12. The van der Waals surface area contributed by atoms with Gasteiger partial charge in [0.2, 0.25) is 0 Å². The van der Waals surface area contributed by atoms with E-state index in [-0.39, 0.29) is 18.2 Å². The number of hydrogen-bond acceptors (Lipinski definition) is 3. The quantitative estimate of drug-likeness (QED) is 0.684. The molecule has 4 heteroatoms. The number of rotatable bonds is 0. The molecule has 92 valence electrons. The minimum absolute atomic E-state index is 0.139. The molecule has 0 aromatic rings. The van der Waals surface area contributed by atoms with E-state index >= 15 is 0 Å². The lowest BCUT2D eigenvalue weighted by atomic mass is 9.77. The zero-order chi connectivity index (χ0) is 11.9. The summed E-state index contributed by atoms with van der Waals surface area (Å²) in [5.41, 5.74) is 5.64. The van der Waals surface area contributed by atoms with Crippen LogP contribution in [0, 0.1) is 5.92 Å². The molecular weight excluding hydrogens is 204 g/mol. The zero-order valence-electron chi connectivity index (χ0n) is 10.4. The fourth-order valence-corrected chi connectivity index (χ4v) is 2.78. The van der Waals surface area contributed by atoms with Gasteiger partial charge in [-0.2, -0.15) is 0 Å². The number of hydrogen-bond donors (Lipinski definition) is 1. The molecule has 3 atom stereocenters. The molecule has 2 aliphatic heterocycles. The minimum Gasteiger partial charge on any atom is -0.444 e. The molecule has 2 N–H and O–H groups in total. The Labute approximate surface area is 97.1 Å². The molecule has 0 aromatic carbocycles. The number of ether oxygens (including phenoxy) is 1. The highest BCUT2D eigenvalue weighted by Gasteiger charge is 2.42. The topological polar surface area (TPSA) is 55.6 Å². The number of amides is 1. The van der Waals surface area contributed by atoms with E-state index < -0.39 is 5.60 Å². The van der Waals surface area contributed by atoms with Gasteiger partial charge in [0.15, 0.2) is 0 Å². The zero-order valence-corrected chi connectivity index (χ0v) is 10.4. The molecule has 2 bridgehead atoms. The van der Waals surface area contributed by atoms with Gasteiger partial charge in [0, 0.05) is 12.6 Å². The summed E-state index contributed by atoms with van der Waals surface area (Å²) in [5.74, 6) is 0.576. The van der Waals surface area contributed by atoms with Gasteiger partial charge in [0.25, 0.3) is 0 Å². The molecule has 4 nitrogen and oxygen atoms in total. The molecule has 16 heavy (non-hydrogen) atoms. The Bertz CT molecular complexity index is 285. The molecular formula is C12H22N2O2. The summed E-state index contributed by atoms with van der Waals surface area (Å²) < 4.78 is 5.41. The second-order valence-corrected chi connectivity index (χ2v) is 6.04. The van der Waals surface area contributed by atoms with Crippen molar-refractivity contribution in [2.75, 3.05) is 6.54 Å². The Morgan fingerprint density at radius 3 is 2.56 bits per heavy atom. The van der Waals surface area contributed by atoms with E-state index in [1.54, 1.807) is 0 Å². The van der Waals surface area contributed by atoms with Crippen LogP contribution in [0.5, 0.6) is 0 Å². The standard InChI is InChI=1S/C12H22N2O2/c1-12(2,3)16-11(15)14-7-8-4-5-10(14)9(13)6-8/h8-10H,4-7,13H2,1-3H3/t8-,9+,10-/m0/s1. The monoisotopic (exact) mass is 226 g/mol. The predicted octanol–water partition coefficient (Wildman–Crippen LogP) is 1.73. The van der Waals surface area contributed by atoms with Crippen LogP contribution in [0.2, 0.25) is 0 Å². The van der Waals surface area contributed by atoms with E-state index in [1.807, 2.05) is 25.7 Å². The van der Waals surface area contributed by atoms with Gasteiger partial charge in [-0.15, -0.1) is 0 Å². The molecule has 1 amide bonds. The van der Waals surface area contributed by atoms with Crippen molar-refractivity contribution in [2.45, 2.75) is 57.7 Å². The van der Waals surface area contributed by atoms with Crippen LogP contribution in [0.4, 0.5) is 4.79 Å². The van der Waals surface area contributed by atoms with E-state index in [4.69, 9.17) is 10.5 Å². The van der Waals surface area contributed by atoms with Gasteiger partial charge in [-0.3, -0.25) is 0 Å². The van der Waals surface area contributed by atoms with Gasteiger partial charge in [-0.05, 0) is 46.0 Å². The van der Waals surface area contributed by atoms with Gasteiger partial charge < -0.3 is 15.4 Å². The van der Waals surface area contributed by atoms with Gasteiger partial charge in [-0.1, -0.05) is 0 Å². The largest absolute Gasteiger partial charge is 0.444 e. The van der Waals surface area contributed by atoms with Crippen LogP contribution >= 0.6 is 0 Å². The second-order valence-electron chi connectivity index (χ2n) is 6.04. The lowest BCUT2D eigenvalue weighted by molar-refractivity contribution is -0.0181. The Kier molecular flexibility index (Phi) is 2.86. The average molecular weight is 226 g/mol. The third-order valence-corrected chi connectivity index (χ3v) is 3.45. The van der Waals surface area contributed by atoms with Crippen LogP contribution in [-0.4, -0.2) is 35.2 Å². The van der Waals surface area contributed by atoms with Gasteiger partial charge in [0.1, 0.15) is 5.60 Å². The molecule has 2 saturated heterocycles. The van der Waals surface area contributed by atoms with Crippen LogP contribution in [0.15, 0.2) is 0 Å². The van der Waals surface area contributed by atoms with Gasteiger partial charge >= 0.3 is 6.09 Å². The molecule has 3 rings (SSSR count). The van der Waals surface area contributed by atoms with Gasteiger partial charge in [0.05, 0.1) is 6.04 Å². The fraction of sp³-hybridized carbons (Fsp3) is 0.917. The summed E-state index contributed by atoms with van der Waals surface area (Å²) in [4.78, 5) is 13.8. The Morgan fingerprint density at radius 1 is 1.38 bits per heavy atom. The maximum atomic E-state index is 12.0. The van der Waals surface area contributed by atoms with Crippen LogP contribution in [-0.2, 0) is 4.74 Å². The van der Waals surface area contributed by atoms with Crippen LogP contribution < -0.4 is 5.73 Å². The SMILES string of the molecule is CC(C)(C)OC(=O)N1C[C@H]2CC[C@H]1[C@H](N)C2. The fourth-order valence-electron chi connectivity index (χ4n) is 2.78. The number of carbonyl (C=O) groups is 1. The minimum atomic E-state index is -0.419. The Balaban J connectivity index is 2.02. The molecule has 3 fully saturated rings. The number of fused-ring (bicyclic) bond motifs is 3. The van der Waals surface area contributed by atoms with Gasteiger partial charge in [-0.25, -0.2) is 4.79 Å². The number of carbonyl (C=O) groups excluding carboxylic acids is 1. The molecule has 0 radical (unpaired) electrons. The molecule has 3 aliphatic rings. The highest BCUT2D eigenvalue weighted by molar-refractivity contribution is 5.69. The van der Waals surface area contributed by atoms with Crippen molar-refractivity contribution in [3.63, 3.8) is 0 Å². The summed E-state index contributed by atoms with van der Waals surface area (Å²) in [6.07, 6.45) is 3.10. The van der Waals surface area contributed by atoms with Crippen molar-refractivity contribution < 1.29 is 9.53 Å². The smallest absolute Gasteiger partial charge is 0.410 e. The third kappa shape index (κ3) is 2.32. The first kappa shape index (κ1) is 11.7. The van der Waals surface area contributed by atoms with Crippen molar-refractivity contribution in [1.82, 2.24) is 4.90 Å². The number of nitrogens with zero attached hydrogens (tertiary/aromatic N) is 1. The van der Waals surface area contributed by atoms with Crippen LogP contribution in [0.1, 0.15) is 40.0 Å². The molecule has 1 aliphatic carbocycles. The number of piperidine rings is 2. The molecule has 0 unspecified atom stereocenters.